The van der Waals surface area contributed by atoms with Crippen molar-refractivity contribution < 1.29 is 17.9 Å². The van der Waals surface area contributed by atoms with Crippen LogP contribution in [0.15, 0.2) is 53.3 Å². The van der Waals surface area contributed by atoms with Crippen molar-refractivity contribution in [1.29, 1.82) is 5.41 Å². The van der Waals surface area contributed by atoms with Gasteiger partial charge in [0.15, 0.2) is 11.6 Å². The summed E-state index contributed by atoms with van der Waals surface area (Å²) in [6.07, 6.45) is 0.589. The van der Waals surface area contributed by atoms with Crippen LogP contribution < -0.4 is 21.5 Å². The first-order valence-electron chi connectivity index (χ1n) is 9.85. The highest BCUT2D eigenvalue weighted by atomic mass is 35.5. The average Bonchev–Trinajstić information content (AvgIpc) is 2.75. The van der Waals surface area contributed by atoms with E-state index in [1.54, 1.807) is 6.92 Å². The molecule has 1 aliphatic heterocycles. The predicted molar refractivity (Wildman–Crippen MR) is 123 cm³/mol. The second kappa shape index (κ2) is 10.4. The molecule has 0 amide bonds. The van der Waals surface area contributed by atoms with Crippen molar-refractivity contribution in [1.82, 2.24) is 10.3 Å². The molecule has 2 heterocycles. The number of allylic oxidation sites excluding steroid dienone is 1. The van der Waals surface area contributed by atoms with E-state index in [1.807, 2.05) is 0 Å². The van der Waals surface area contributed by atoms with Gasteiger partial charge >= 0.3 is 0 Å². The van der Waals surface area contributed by atoms with Gasteiger partial charge in [-0.25, -0.2) is 18.2 Å². The number of fused-ring (bicyclic) bond motifs is 3. The molecule has 0 saturated heterocycles. The maximum atomic E-state index is 14.1. The van der Waals surface area contributed by atoms with Crippen LogP contribution in [0, 0.1) is 11.2 Å². The van der Waals surface area contributed by atoms with E-state index in [2.05, 4.69) is 15.3 Å². The second-order valence-corrected chi connectivity index (χ2v) is 7.54. The van der Waals surface area contributed by atoms with Gasteiger partial charge in [0.05, 0.1) is 5.71 Å². The smallest absolute Gasteiger partial charge is 0.257 e. The third kappa shape index (κ3) is 5.83. The molecule has 0 aliphatic carbocycles. The topological polar surface area (TPSA) is 122 Å². The van der Waals surface area contributed by atoms with Crippen LogP contribution in [-0.4, -0.2) is 35.4 Å². The minimum Gasteiger partial charge on any atom is -0.482 e. The molecule has 1 aliphatic rings. The Hall–Kier alpha value is -3.53. The molecular weight excluding hydrogens is 457 g/mol. The average molecular weight is 479 g/mol. The highest BCUT2D eigenvalue weighted by Gasteiger charge is 2.22. The van der Waals surface area contributed by atoms with Gasteiger partial charge in [-0.05, 0) is 37.3 Å². The number of nitrogens with two attached hydrogens (primary N) is 2. The summed E-state index contributed by atoms with van der Waals surface area (Å²) in [6.45, 7) is 0.984. The summed E-state index contributed by atoms with van der Waals surface area (Å²) in [4.78, 5) is 8.13. The number of hydrogen-bond acceptors (Lipinski definition) is 7. The lowest BCUT2D eigenvalue weighted by Gasteiger charge is -2.24. The van der Waals surface area contributed by atoms with Gasteiger partial charge in [0.25, 0.3) is 6.43 Å². The number of aromatic nitrogens is 1. The number of hydrogen-bond donors (Lipinski definition) is 4. The Balaban J connectivity index is 2.24. The molecule has 33 heavy (non-hydrogen) atoms. The molecule has 6 N–H and O–H groups in total. The fourth-order valence-electron chi connectivity index (χ4n) is 3.35. The lowest BCUT2D eigenvalue weighted by Crippen LogP contribution is -2.24. The second-order valence-electron chi connectivity index (χ2n) is 7.13. The molecule has 0 unspecified atom stereocenters. The Morgan fingerprint density at radius 2 is 2.18 bits per heavy atom. The molecule has 7 nitrogen and oxygen atoms in total. The van der Waals surface area contributed by atoms with Gasteiger partial charge in [0.1, 0.15) is 23.6 Å². The zero-order chi connectivity index (χ0) is 24.1. The molecule has 1 aromatic carbocycles. The van der Waals surface area contributed by atoms with Crippen LogP contribution in [0.4, 0.5) is 19.0 Å². The predicted octanol–water partition coefficient (Wildman–Crippen LogP) is 4.00. The van der Waals surface area contributed by atoms with Crippen molar-refractivity contribution in [3.8, 4) is 5.75 Å². The summed E-state index contributed by atoms with van der Waals surface area (Å²) in [5.41, 5.74) is 14.1. The van der Waals surface area contributed by atoms with Crippen LogP contribution in [-0.2, 0) is 0 Å². The van der Waals surface area contributed by atoms with E-state index in [4.69, 9.17) is 33.2 Å². The molecule has 0 fully saturated rings. The Kier molecular flexibility index (Phi) is 7.59. The third-order valence-electron chi connectivity index (χ3n) is 4.83. The first kappa shape index (κ1) is 24.1. The minimum absolute atomic E-state index is 0.0420. The van der Waals surface area contributed by atoms with Gasteiger partial charge in [-0.1, -0.05) is 11.6 Å². The maximum absolute atomic E-state index is 14.1. The molecule has 0 radical (unpaired) electrons. The number of aliphatic imine (C=N–C) groups is 1. The number of nitrogens with zero attached hydrogens (tertiary/aromatic N) is 2. The van der Waals surface area contributed by atoms with Crippen LogP contribution >= 0.6 is 11.6 Å². The first-order valence-corrected chi connectivity index (χ1v) is 10.2. The van der Waals surface area contributed by atoms with Crippen LogP contribution in [0.3, 0.4) is 0 Å². The minimum atomic E-state index is -2.67. The Morgan fingerprint density at radius 1 is 1.42 bits per heavy atom. The summed E-state index contributed by atoms with van der Waals surface area (Å²) in [5, 5.41) is 10.5. The summed E-state index contributed by atoms with van der Waals surface area (Å²) < 4.78 is 46.0. The molecule has 2 aromatic rings. The Morgan fingerprint density at radius 3 is 2.85 bits per heavy atom. The summed E-state index contributed by atoms with van der Waals surface area (Å²) >= 11 is 5.82. The van der Waals surface area contributed by atoms with Gasteiger partial charge in [-0.3, -0.25) is 10.4 Å². The monoisotopic (exact) mass is 478 g/mol. The van der Waals surface area contributed by atoms with Gasteiger partial charge in [-0.2, -0.15) is 0 Å². The van der Waals surface area contributed by atoms with E-state index in [-0.39, 0.29) is 29.0 Å². The number of nitrogens with one attached hydrogen (secondary N) is 2. The van der Waals surface area contributed by atoms with Crippen molar-refractivity contribution in [2.75, 3.05) is 18.8 Å². The number of benzene rings is 1. The van der Waals surface area contributed by atoms with Crippen molar-refractivity contribution in [2.24, 2.45) is 10.7 Å². The van der Waals surface area contributed by atoms with Crippen molar-refractivity contribution >= 4 is 34.0 Å². The molecule has 1 atom stereocenters. The van der Waals surface area contributed by atoms with E-state index in [0.717, 1.165) is 0 Å². The standard InChI is InChI=1S/C22H22ClF3N6O/c1-11-16-5-14(24)2-3-15(16)17(6-19(23)28)30-9-13(7-27)21(31-10-20(25)26)12-4-18(33-11)22(29)32-8-12/h2-8,11,20,28,30H,9-10,27H2,1H3,(H2,29,32)/b13-7?,17-6-,28-19?,31-21?/t11-/m1/s1. The normalized spacial score (nSPS) is 20.1. The van der Waals surface area contributed by atoms with E-state index >= 15 is 0 Å². The van der Waals surface area contributed by atoms with E-state index in [0.29, 0.717) is 28.0 Å². The Bertz CT molecular complexity index is 1150. The number of nitrogen functional groups attached to an aromatic ring is 1. The largest absolute Gasteiger partial charge is 0.482 e. The maximum Gasteiger partial charge on any atom is 0.257 e. The molecule has 0 saturated carbocycles. The number of ether oxygens (including phenoxy) is 1. The van der Waals surface area contributed by atoms with E-state index in [1.165, 1.54) is 42.7 Å². The Labute approximate surface area is 193 Å². The molecule has 174 valence electrons. The zero-order valence-corrected chi connectivity index (χ0v) is 18.3. The van der Waals surface area contributed by atoms with E-state index < -0.39 is 24.9 Å². The van der Waals surface area contributed by atoms with Crippen molar-refractivity contribution in [2.45, 2.75) is 19.5 Å². The fourth-order valence-corrected chi connectivity index (χ4v) is 3.46. The number of pyridine rings is 1. The lowest BCUT2D eigenvalue weighted by molar-refractivity contribution is 0.159. The molecule has 0 spiro atoms. The van der Waals surface area contributed by atoms with Gasteiger partial charge in [0.2, 0.25) is 0 Å². The number of anilines is 1. The number of halogens is 4. The van der Waals surface area contributed by atoms with Gasteiger partial charge in [-0.15, -0.1) is 0 Å². The SMILES string of the molecule is C[C@H]1Oc2cc(cnc2N)C(=NCC(F)F)C(=CN)CN/C(=C\C(=N)Cl)c2ccc(F)cc21. The number of alkyl halides is 2. The highest BCUT2D eigenvalue weighted by molar-refractivity contribution is 6.68. The first-order chi connectivity index (χ1) is 15.7. The summed E-state index contributed by atoms with van der Waals surface area (Å²) in [5.74, 6) is -0.260. The van der Waals surface area contributed by atoms with E-state index in [9.17, 15) is 13.2 Å². The molecule has 3 rings (SSSR count). The highest BCUT2D eigenvalue weighted by Crippen LogP contribution is 2.32. The van der Waals surface area contributed by atoms with Gasteiger partial charge in [0, 0.05) is 46.9 Å². The number of rotatable bonds is 3. The van der Waals surface area contributed by atoms with Crippen LogP contribution in [0.2, 0.25) is 0 Å². The molecule has 11 heteroatoms. The lowest BCUT2D eigenvalue weighted by atomic mass is 9.98. The molecule has 1 aromatic heterocycles. The summed E-state index contributed by atoms with van der Waals surface area (Å²) in [7, 11) is 0. The zero-order valence-electron chi connectivity index (χ0n) is 17.6. The van der Waals surface area contributed by atoms with Crippen molar-refractivity contribution in [3.05, 3.63) is 70.8 Å². The van der Waals surface area contributed by atoms with Crippen LogP contribution in [0.25, 0.3) is 5.70 Å². The van der Waals surface area contributed by atoms with Crippen molar-refractivity contribution in [3.63, 3.8) is 0 Å². The summed E-state index contributed by atoms with van der Waals surface area (Å²) in [6, 6.07) is 5.61. The molecule has 2 bridgehead atoms. The van der Waals surface area contributed by atoms with Crippen LogP contribution in [0.5, 0.6) is 5.75 Å². The van der Waals surface area contributed by atoms with Crippen LogP contribution in [0.1, 0.15) is 29.7 Å². The third-order valence-corrected chi connectivity index (χ3v) is 4.94. The fraction of sp³-hybridized carbons (Fsp3) is 0.227. The quantitative estimate of drug-likeness (QED) is 0.497. The van der Waals surface area contributed by atoms with Gasteiger partial charge < -0.3 is 21.5 Å². The molecular formula is C22H22ClF3N6O.